The minimum atomic E-state index is -3.99. The number of amides is 1. The lowest BCUT2D eigenvalue weighted by molar-refractivity contribution is -0.120. The van der Waals surface area contributed by atoms with Crippen LogP contribution in [0.4, 0.5) is 5.69 Å². The summed E-state index contributed by atoms with van der Waals surface area (Å²) in [6.45, 7) is 3.59. The average Bonchev–Trinajstić information content (AvgIpc) is 2.85. The van der Waals surface area contributed by atoms with Gasteiger partial charge in [0, 0.05) is 5.02 Å². The van der Waals surface area contributed by atoms with Gasteiger partial charge in [-0.15, -0.1) is 0 Å². The van der Waals surface area contributed by atoms with Crippen LogP contribution in [-0.4, -0.2) is 20.9 Å². The molecule has 35 heavy (non-hydrogen) atoms. The number of sulfonamides is 1. The van der Waals surface area contributed by atoms with Gasteiger partial charge < -0.3 is 5.32 Å². The van der Waals surface area contributed by atoms with E-state index in [1.54, 1.807) is 18.2 Å². The number of hydrogen-bond donors (Lipinski definition) is 1. The Kier molecular flexibility index (Phi) is 7.82. The Bertz CT molecular complexity index is 1310. The highest BCUT2D eigenvalue weighted by Crippen LogP contribution is 2.28. The molecule has 0 fully saturated rings. The molecule has 0 spiro atoms. The predicted molar refractivity (Wildman–Crippen MR) is 141 cm³/mol. The van der Waals surface area contributed by atoms with Gasteiger partial charge in [0.2, 0.25) is 5.91 Å². The fourth-order valence-electron chi connectivity index (χ4n) is 4.59. The molecule has 4 rings (SSSR count). The molecule has 0 saturated carbocycles. The topological polar surface area (TPSA) is 66.5 Å². The van der Waals surface area contributed by atoms with E-state index >= 15 is 0 Å². The predicted octanol–water partition coefficient (Wildman–Crippen LogP) is 5.99. The second-order valence-electron chi connectivity index (χ2n) is 9.07. The van der Waals surface area contributed by atoms with E-state index in [1.165, 1.54) is 48.2 Å². The Morgan fingerprint density at radius 2 is 1.71 bits per heavy atom. The van der Waals surface area contributed by atoms with Crippen molar-refractivity contribution >= 4 is 33.2 Å². The van der Waals surface area contributed by atoms with Gasteiger partial charge in [0.15, 0.2) is 0 Å². The molecule has 3 aromatic rings. The summed E-state index contributed by atoms with van der Waals surface area (Å²) < 4.78 is 28.3. The molecule has 0 saturated heterocycles. The number of nitrogens with one attached hydrogen (secondary N) is 1. The zero-order valence-corrected chi connectivity index (χ0v) is 21.7. The molecule has 1 N–H and O–H groups in total. The Labute approximate surface area is 213 Å². The standard InChI is InChI=1S/C28H31ClN2O3S/c1-3-27(23-12-11-21-8-4-5-9-22(21)18-23)30-28(32)19-31(25-10-6-7-20(2)17-25)35(33,34)26-15-13-24(29)14-16-26/h6-7,10-18,27H,3-5,8-9,19H2,1-2H3,(H,30,32)/t27-/m0/s1. The molecule has 3 aromatic carbocycles. The maximum atomic E-state index is 13.6. The van der Waals surface area contributed by atoms with Gasteiger partial charge in [0.25, 0.3) is 10.0 Å². The molecule has 7 heteroatoms. The zero-order valence-electron chi connectivity index (χ0n) is 20.1. The van der Waals surface area contributed by atoms with Crippen LogP contribution >= 0.6 is 11.6 Å². The van der Waals surface area contributed by atoms with Crippen LogP contribution in [0.25, 0.3) is 0 Å². The Morgan fingerprint density at radius 3 is 2.40 bits per heavy atom. The van der Waals surface area contributed by atoms with E-state index in [2.05, 4.69) is 23.5 Å². The minimum absolute atomic E-state index is 0.0814. The molecule has 0 unspecified atom stereocenters. The van der Waals surface area contributed by atoms with Gasteiger partial charge in [-0.3, -0.25) is 9.10 Å². The third-order valence-corrected chi connectivity index (χ3v) is 8.54. The van der Waals surface area contributed by atoms with E-state index in [9.17, 15) is 13.2 Å². The number of aryl methyl sites for hydroxylation is 3. The van der Waals surface area contributed by atoms with Crippen molar-refractivity contribution in [2.75, 3.05) is 10.8 Å². The molecule has 0 heterocycles. The van der Waals surface area contributed by atoms with Gasteiger partial charge in [-0.2, -0.15) is 0 Å². The first kappa shape index (κ1) is 25.3. The first-order valence-corrected chi connectivity index (χ1v) is 13.9. The third kappa shape index (κ3) is 5.88. The van der Waals surface area contributed by atoms with Gasteiger partial charge in [-0.1, -0.05) is 48.9 Å². The largest absolute Gasteiger partial charge is 0.348 e. The van der Waals surface area contributed by atoms with Gasteiger partial charge in [-0.25, -0.2) is 8.42 Å². The van der Waals surface area contributed by atoms with Crippen molar-refractivity contribution in [2.45, 2.75) is 56.9 Å². The normalized spacial score (nSPS) is 14.1. The summed E-state index contributed by atoms with van der Waals surface area (Å²) >= 11 is 5.97. The summed E-state index contributed by atoms with van der Waals surface area (Å²) in [6, 6.07) is 19.4. The monoisotopic (exact) mass is 510 g/mol. The van der Waals surface area contributed by atoms with E-state index in [4.69, 9.17) is 11.6 Å². The van der Waals surface area contributed by atoms with E-state index in [-0.39, 0.29) is 23.4 Å². The van der Waals surface area contributed by atoms with E-state index in [0.29, 0.717) is 17.1 Å². The van der Waals surface area contributed by atoms with Crippen molar-refractivity contribution in [1.82, 2.24) is 5.32 Å². The second-order valence-corrected chi connectivity index (χ2v) is 11.4. The van der Waals surface area contributed by atoms with Crippen molar-refractivity contribution in [1.29, 1.82) is 0 Å². The fourth-order valence-corrected chi connectivity index (χ4v) is 6.13. The minimum Gasteiger partial charge on any atom is -0.348 e. The molecule has 5 nitrogen and oxygen atoms in total. The van der Waals surface area contributed by atoms with E-state index < -0.39 is 10.0 Å². The summed E-state index contributed by atoms with van der Waals surface area (Å²) in [5.41, 5.74) is 5.15. The molecule has 0 aromatic heterocycles. The average molecular weight is 511 g/mol. The van der Waals surface area contributed by atoms with Crippen LogP contribution in [-0.2, 0) is 27.7 Å². The summed E-state index contributed by atoms with van der Waals surface area (Å²) in [7, 11) is -3.99. The zero-order chi connectivity index (χ0) is 25.0. The summed E-state index contributed by atoms with van der Waals surface area (Å²) in [4.78, 5) is 13.3. The molecular weight excluding hydrogens is 480 g/mol. The fraction of sp³-hybridized carbons (Fsp3) is 0.321. The maximum absolute atomic E-state index is 13.6. The number of rotatable bonds is 8. The lowest BCUT2D eigenvalue weighted by atomic mass is 9.89. The number of fused-ring (bicyclic) bond motifs is 1. The van der Waals surface area contributed by atoms with Crippen molar-refractivity contribution in [2.24, 2.45) is 0 Å². The SMILES string of the molecule is CC[C@H](NC(=O)CN(c1cccc(C)c1)S(=O)(=O)c1ccc(Cl)cc1)c1ccc2c(c1)CCCC2. The van der Waals surface area contributed by atoms with Crippen molar-refractivity contribution in [3.63, 3.8) is 0 Å². The van der Waals surface area contributed by atoms with Crippen molar-refractivity contribution < 1.29 is 13.2 Å². The van der Waals surface area contributed by atoms with E-state index in [1.807, 2.05) is 19.9 Å². The Hall–Kier alpha value is -2.83. The second kappa shape index (κ2) is 10.8. The maximum Gasteiger partial charge on any atom is 0.264 e. The van der Waals surface area contributed by atoms with Crippen molar-refractivity contribution in [3.05, 3.63) is 94.0 Å². The number of nitrogens with zero attached hydrogens (tertiary/aromatic N) is 1. The van der Waals surface area contributed by atoms with Crippen molar-refractivity contribution in [3.8, 4) is 0 Å². The number of anilines is 1. The van der Waals surface area contributed by atoms with Gasteiger partial charge in [-0.05, 0) is 97.7 Å². The summed E-state index contributed by atoms with van der Waals surface area (Å²) in [5, 5.41) is 3.52. The van der Waals surface area contributed by atoms with Gasteiger partial charge in [0.05, 0.1) is 16.6 Å². The van der Waals surface area contributed by atoms with Crippen LogP contribution in [0.5, 0.6) is 0 Å². The highest BCUT2D eigenvalue weighted by molar-refractivity contribution is 7.92. The summed E-state index contributed by atoms with van der Waals surface area (Å²) in [6.07, 6.45) is 5.28. The highest BCUT2D eigenvalue weighted by Gasteiger charge is 2.28. The lowest BCUT2D eigenvalue weighted by Gasteiger charge is -2.26. The van der Waals surface area contributed by atoms with Crippen LogP contribution in [0, 0.1) is 6.92 Å². The molecule has 1 amide bonds. The molecule has 0 radical (unpaired) electrons. The number of carbonyl (C=O) groups is 1. The first-order chi connectivity index (χ1) is 16.8. The Morgan fingerprint density at radius 1 is 1.00 bits per heavy atom. The molecule has 1 aliphatic carbocycles. The highest BCUT2D eigenvalue weighted by atomic mass is 35.5. The summed E-state index contributed by atoms with van der Waals surface area (Å²) in [5.74, 6) is -0.353. The van der Waals surface area contributed by atoms with Gasteiger partial charge in [0.1, 0.15) is 6.54 Å². The molecular formula is C28H31ClN2O3S. The quantitative estimate of drug-likeness (QED) is 0.404. The Balaban J connectivity index is 1.60. The van der Waals surface area contributed by atoms with Crippen LogP contribution in [0.2, 0.25) is 5.02 Å². The number of hydrogen-bond acceptors (Lipinski definition) is 3. The molecule has 1 aliphatic rings. The lowest BCUT2D eigenvalue weighted by Crippen LogP contribution is -2.42. The first-order valence-electron chi connectivity index (χ1n) is 12.0. The third-order valence-electron chi connectivity index (χ3n) is 6.50. The van der Waals surface area contributed by atoms with Crippen LogP contribution in [0.3, 0.4) is 0 Å². The number of carbonyl (C=O) groups excluding carboxylic acids is 1. The van der Waals surface area contributed by atoms with Crippen LogP contribution < -0.4 is 9.62 Å². The molecule has 1 atom stereocenters. The van der Waals surface area contributed by atoms with Gasteiger partial charge >= 0.3 is 0 Å². The van der Waals surface area contributed by atoms with E-state index in [0.717, 1.165) is 28.3 Å². The molecule has 184 valence electrons. The number of halogens is 1. The molecule has 0 bridgehead atoms. The smallest absolute Gasteiger partial charge is 0.264 e. The van der Waals surface area contributed by atoms with Crippen LogP contribution in [0.15, 0.2) is 71.6 Å². The van der Waals surface area contributed by atoms with Crippen LogP contribution in [0.1, 0.15) is 54.5 Å². The number of benzene rings is 3. The molecule has 0 aliphatic heterocycles.